The molecule has 5 heteroatoms. The summed E-state index contributed by atoms with van der Waals surface area (Å²) in [7, 11) is 0. The standard InChI is InChI=1S/C12H16N2O3/c15-11(16)12(3-4-12)10-13-7-9(14-10)8-1-5-17-6-2-8/h7-8H,1-6H2,(H,13,14)(H,15,16). The molecule has 0 atom stereocenters. The Morgan fingerprint density at radius 3 is 2.76 bits per heavy atom. The fraction of sp³-hybridized carbons (Fsp3) is 0.667. The largest absolute Gasteiger partial charge is 0.480 e. The van der Waals surface area contributed by atoms with Gasteiger partial charge in [0.2, 0.25) is 0 Å². The lowest BCUT2D eigenvalue weighted by atomic mass is 9.97. The summed E-state index contributed by atoms with van der Waals surface area (Å²) in [4.78, 5) is 18.7. The quantitative estimate of drug-likeness (QED) is 0.832. The number of nitrogens with zero attached hydrogens (tertiary/aromatic N) is 1. The number of nitrogens with one attached hydrogen (secondary N) is 1. The van der Waals surface area contributed by atoms with Crippen LogP contribution in [0.3, 0.4) is 0 Å². The summed E-state index contributed by atoms with van der Waals surface area (Å²) in [6, 6.07) is 0. The lowest BCUT2D eigenvalue weighted by Gasteiger charge is -2.20. The van der Waals surface area contributed by atoms with E-state index in [9.17, 15) is 9.90 Å². The van der Waals surface area contributed by atoms with E-state index >= 15 is 0 Å². The van der Waals surface area contributed by atoms with Gasteiger partial charge in [0.15, 0.2) is 0 Å². The van der Waals surface area contributed by atoms with Crippen molar-refractivity contribution < 1.29 is 14.6 Å². The molecule has 3 rings (SSSR count). The molecule has 0 spiro atoms. The van der Waals surface area contributed by atoms with Crippen LogP contribution < -0.4 is 0 Å². The van der Waals surface area contributed by atoms with Crippen LogP contribution in [0, 0.1) is 0 Å². The second kappa shape index (κ2) is 3.84. The van der Waals surface area contributed by atoms with Crippen LogP contribution in [0.2, 0.25) is 0 Å². The van der Waals surface area contributed by atoms with Gasteiger partial charge in [-0.3, -0.25) is 4.79 Å². The molecule has 92 valence electrons. The number of hydrogen-bond acceptors (Lipinski definition) is 3. The average molecular weight is 236 g/mol. The Labute approximate surface area is 99.2 Å². The van der Waals surface area contributed by atoms with Gasteiger partial charge < -0.3 is 14.8 Å². The number of aromatic amines is 1. The van der Waals surface area contributed by atoms with Gasteiger partial charge in [0.05, 0.1) is 0 Å². The minimum atomic E-state index is -0.759. The van der Waals surface area contributed by atoms with E-state index in [1.807, 2.05) is 0 Å². The molecule has 1 saturated carbocycles. The molecule has 1 saturated heterocycles. The molecule has 1 aliphatic heterocycles. The molecule has 17 heavy (non-hydrogen) atoms. The minimum Gasteiger partial charge on any atom is -0.480 e. The molecule has 1 aromatic rings. The number of carboxylic acid groups (broad SMARTS) is 1. The van der Waals surface area contributed by atoms with Crippen molar-refractivity contribution in [2.75, 3.05) is 13.2 Å². The summed E-state index contributed by atoms with van der Waals surface area (Å²) in [6.45, 7) is 1.56. The second-order valence-corrected chi connectivity index (χ2v) is 4.96. The van der Waals surface area contributed by atoms with E-state index in [0.29, 0.717) is 24.6 Å². The zero-order valence-corrected chi connectivity index (χ0v) is 9.61. The number of hydrogen-bond donors (Lipinski definition) is 2. The lowest BCUT2D eigenvalue weighted by molar-refractivity contribution is -0.140. The smallest absolute Gasteiger partial charge is 0.317 e. The first kappa shape index (κ1) is 10.8. The Morgan fingerprint density at radius 2 is 2.18 bits per heavy atom. The molecule has 2 fully saturated rings. The number of carbonyl (C=O) groups is 1. The van der Waals surface area contributed by atoms with Crippen LogP contribution >= 0.6 is 0 Å². The first-order chi connectivity index (χ1) is 8.22. The van der Waals surface area contributed by atoms with Gasteiger partial charge in [-0.05, 0) is 25.7 Å². The maximum atomic E-state index is 11.2. The maximum absolute atomic E-state index is 11.2. The fourth-order valence-corrected chi connectivity index (χ4v) is 2.47. The van der Waals surface area contributed by atoms with E-state index < -0.39 is 11.4 Å². The van der Waals surface area contributed by atoms with Crippen LogP contribution in [0.4, 0.5) is 0 Å². The molecule has 2 heterocycles. The Morgan fingerprint density at radius 1 is 1.47 bits per heavy atom. The average Bonchev–Trinajstić information content (AvgIpc) is 3.02. The van der Waals surface area contributed by atoms with Crippen molar-refractivity contribution in [1.29, 1.82) is 0 Å². The van der Waals surface area contributed by atoms with Crippen LogP contribution in [0.15, 0.2) is 6.20 Å². The number of rotatable bonds is 3. The summed E-state index contributed by atoms with van der Waals surface area (Å²) in [6.07, 6.45) is 5.17. The third-order valence-electron chi connectivity index (χ3n) is 3.87. The minimum absolute atomic E-state index is 0.439. The van der Waals surface area contributed by atoms with E-state index in [2.05, 4.69) is 9.97 Å². The normalized spacial score (nSPS) is 23.5. The van der Waals surface area contributed by atoms with Crippen LogP contribution in [0.25, 0.3) is 0 Å². The topological polar surface area (TPSA) is 75.2 Å². The van der Waals surface area contributed by atoms with Crippen molar-refractivity contribution >= 4 is 5.97 Å². The molecule has 1 aliphatic carbocycles. The van der Waals surface area contributed by atoms with E-state index in [0.717, 1.165) is 31.7 Å². The van der Waals surface area contributed by atoms with Gasteiger partial charge in [-0.1, -0.05) is 0 Å². The Kier molecular flexibility index (Phi) is 2.43. The Hall–Kier alpha value is -1.36. The molecule has 0 aromatic carbocycles. The molecule has 0 bridgehead atoms. The molecule has 1 aromatic heterocycles. The molecular weight excluding hydrogens is 220 g/mol. The molecule has 0 radical (unpaired) electrons. The number of carboxylic acids is 1. The van der Waals surface area contributed by atoms with Crippen LogP contribution in [-0.4, -0.2) is 34.3 Å². The number of ether oxygens (including phenoxy) is 1. The van der Waals surface area contributed by atoms with Gasteiger partial charge in [-0.15, -0.1) is 0 Å². The maximum Gasteiger partial charge on any atom is 0.317 e. The molecule has 2 N–H and O–H groups in total. The van der Waals surface area contributed by atoms with Gasteiger partial charge >= 0.3 is 5.97 Å². The fourth-order valence-electron chi connectivity index (χ4n) is 2.47. The van der Waals surface area contributed by atoms with E-state index in [-0.39, 0.29) is 0 Å². The van der Waals surface area contributed by atoms with Gasteiger partial charge in [0, 0.05) is 31.0 Å². The van der Waals surface area contributed by atoms with Crippen molar-refractivity contribution in [1.82, 2.24) is 9.97 Å². The predicted octanol–water partition coefficient (Wildman–Crippen LogP) is 1.42. The number of aliphatic carboxylic acids is 1. The van der Waals surface area contributed by atoms with Crippen LogP contribution in [-0.2, 0) is 14.9 Å². The Bertz CT molecular complexity index is 431. The molecule has 5 nitrogen and oxygen atoms in total. The number of imidazole rings is 1. The van der Waals surface area contributed by atoms with Gasteiger partial charge in [0.25, 0.3) is 0 Å². The summed E-state index contributed by atoms with van der Waals surface area (Å²) in [5.74, 6) is 0.312. The second-order valence-electron chi connectivity index (χ2n) is 4.96. The van der Waals surface area contributed by atoms with E-state index in [1.165, 1.54) is 0 Å². The monoisotopic (exact) mass is 236 g/mol. The zero-order chi connectivity index (χ0) is 11.9. The molecule has 0 amide bonds. The highest BCUT2D eigenvalue weighted by molar-refractivity contribution is 5.83. The first-order valence-electron chi connectivity index (χ1n) is 6.09. The summed E-state index contributed by atoms with van der Waals surface area (Å²) < 4.78 is 5.32. The van der Waals surface area contributed by atoms with Crippen molar-refractivity contribution in [3.63, 3.8) is 0 Å². The van der Waals surface area contributed by atoms with Crippen molar-refractivity contribution in [2.24, 2.45) is 0 Å². The van der Waals surface area contributed by atoms with E-state index in [4.69, 9.17) is 4.74 Å². The first-order valence-corrected chi connectivity index (χ1v) is 6.09. The van der Waals surface area contributed by atoms with Gasteiger partial charge in [0.1, 0.15) is 11.2 Å². The zero-order valence-electron chi connectivity index (χ0n) is 9.61. The van der Waals surface area contributed by atoms with Crippen molar-refractivity contribution in [3.8, 4) is 0 Å². The summed E-state index contributed by atoms with van der Waals surface area (Å²) in [5, 5.41) is 9.20. The molecule has 2 aliphatic rings. The molecular formula is C12H16N2O3. The Balaban J connectivity index is 1.80. The van der Waals surface area contributed by atoms with Crippen molar-refractivity contribution in [2.45, 2.75) is 37.0 Å². The van der Waals surface area contributed by atoms with E-state index in [1.54, 1.807) is 6.20 Å². The highest BCUT2D eigenvalue weighted by atomic mass is 16.5. The van der Waals surface area contributed by atoms with Gasteiger partial charge in [-0.25, -0.2) is 4.98 Å². The highest BCUT2D eigenvalue weighted by Crippen LogP contribution is 2.47. The number of aromatic nitrogens is 2. The highest BCUT2D eigenvalue weighted by Gasteiger charge is 2.54. The summed E-state index contributed by atoms with van der Waals surface area (Å²) >= 11 is 0. The predicted molar refractivity (Wildman–Crippen MR) is 59.9 cm³/mol. The van der Waals surface area contributed by atoms with Crippen molar-refractivity contribution in [3.05, 3.63) is 17.7 Å². The van der Waals surface area contributed by atoms with Gasteiger partial charge in [-0.2, -0.15) is 0 Å². The van der Waals surface area contributed by atoms with Crippen LogP contribution in [0.5, 0.6) is 0 Å². The molecule has 0 unspecified atom stereocenters. The third kappa shape index (κ3) is 1.74. The number of H-pyrrole nitrogens is 1. The third-order valence-corrected chi connectivity index (χ3v) is 3.87. The summed E-state index contributed by atoms with van der Waals surface area (Å²) in [5.41, 5.74) is 0.347. The SMILES string of the molecule is O=C(O)C1(c2ncc(C3CCOCC3)[nH]2)CC1. The lowest BCUT2D eigenvalue weighted by Crippen LogP contribution is -2.21. The van der Waals surface area contributed by atoms with Crippen LogP contribution in [0.1, 0.15) is 43.1 Å².